The van der Waals surface area contributed by atoms with Gasteiger partial charge in [0.1, 0.15) is 5.75 Å². The largest absolute Gasteiger partial charge is 0.494 e. The molecule has 0 heterocycles. The van der Waals surface area contributed by atoms with Crippen molar-refractivity contribution >= 4 is 29.1 Å². The SMILES string of the molecule is Nc1cccc(SCCCOc2ccc(Cl)cc2)c1. The Bertz CT molecular complexity index is 516. The van der Waals surface area contributed by atoms with Crippen LogP contribution in [0.2, 0.25) is 5.02 Å². The van der Waals surface area contributed by atoms with E-state index < -0.39 is 0 Å². The van der Waals surface area contributed by atoms with Crippen LogP contribution >= 0.6 is 23.4 Å². The quantitative estimate of drug-likeness (QED) is 0.484. The minimum Gasteiger partial charge on any atom is -0.494 e. The van der Waals surface area contributed by atoms with E-state index in [4.69, 9.17) is 22.1 Å². The number of nitrogens with two attached hydrogens (primary N) is 1. The smallest absolute Gasteiger partial charge is 0.119 e. The summed E-state index contributed by atoms with van der Waals surface area (Å²) >= 11 is 7.60. The summed E-state index contributed by atoms with van der Waals surface area (Å²) in [6.07, 6.45) is 0.988. The van der Waals surface area contributed by atoms with E-state index in [1.807, 2.05) is 42.5 Å². The Labute approximate surface area is 122 Å². The average Bonchev–Trinajstić information content (AvgIpc) is 2.41. The highest BCUT2D eigenvalue weighted by molar-refractivity contribution is 7.99. The van der Waals surface area contributed by atoms with Crippen LogP contribution in [0.15, 0.2) is 53.4 Å². The van der Waals surface area contributed by atoms with Crippen molar-refractivity contribution in [3.05, 3.63) is 53.6 Å². The van der Waals surface area contributed by atoms with Crippen molar-refractivity contribution < 1.29 is 4.74 Å². The van der Waals surface area contributed by atoms with E-state index in [2.05, 4.69) is 6.07 Å². The number of rotatable bonds is 6. The highest BCUT2D eigenvalue weighted by Gasteiger charge is 1.97. The van der Waals surface area contributed by atoms with Crippen LogP contribution in [0.3, 0.4) is 0 Å². The van der Waals surface area contributed by atoms with Crippen LogP contribution in [0.25, 0.3) is 0 Å². The molecule has 0 saturated heterocycles. The number of halogens is 1. The summed E-state index contributed by atoms with van der Waals surface area (Å²) < 4.78 is 5.63. The van der Waals surface area contributed by atoms with Gasteiger partial charge in [-0.25, -0.2) is 0 Å². The zero-order chi connectivity index (χ0) is 13.5. The fourth-order valence-corrected chi connectivity index (χ4v) is 2.59. The lowest BCUT2D eigenvalue weighted by molar-refractivity contribution is 0.319. The Morgan fingerprint density at radius 3 is 2.63 bits per heavy atom. The van der Waals surface area contributed by atoms with Crippen LogP contribution < -0.4 is 10.5 Å². The highest BCUT2D eigenvalue weighted by Crippen LogP contribution is 2.21. The van der Waals surface area contributed by atoms with Gasteiger partial charge in [-0.05, 0) is 48.9 Å². The molecule has 0 bridgehead atoms. The van der Waals surface area contributed by atoms with Gasteiger partial charge in [0.2, 0.25) is 0 Å². The third-order valence-corrected chi connectivity index (χ3v) is 3.83. The fraction of sp³-hybridized carbons (Fsp3) is 0.200. The first-order valence-electron chi connectivity index (χ1n) is 6.11. The van der Waals surface area contributed by atoms with Gasteiger partial charge in [0, 0.05) is 21.4 Å². The Morgan fingerprint density at radius 2 is 1.89 bits per heavy atom. The summed E-state index contributed by atoms with van der Waals surface area (Å²) in [7, 11) is 0. The van der Waals surface area contributed by atoms with Gasteiger partial charge in [0.05, 0.1) is 6.61 Å². The van der Waals surface area contributed by atoms with Crippen molar-refractivity contribution in [3.63, 3.8) is 0 Å². The second-order valence-corrected chi connectivity index (χ2v) is 5.68. The van der Waals surface area contributed by atoms with E-state index in [1.165, 1.54) is 4.90 Å². The van der Waals surface area contributed by atoms with Crippen LogP contribution in [0, 0.1) is 0 Å². The van der Waals surface area contributed by atoms with Crippen LogP contribution in [-0.2, 0) is 0 Å². The van der Waals surface area contributed by atoms with Crippen molar-refractivity contribution in [1.29, 1.82) is 0 Å². The van der Waals surface area contributed by atoms with Gasteiger partial charge < -0.3 is 10.5 Å². The van der Waals surface area contributed by atoms with Crippen LogP contribution in [0.4, 0.5) is 5.69 Å². The summed E-state index contributed by atoms with van der Waals surface area (Å²) in [6, 6.07) is 15.4. The molecular formula is C15H16ClNOS. The zero-order valence-electron chi connectivity index (χ0n) is 10.5. The van der Waals surface area contributed by atoms with Gasteiger partial charge in [-0.3, -0.25) is 0 Å². The lowest BCUT2D eigenvalue weighted by Gasteiger charge is -2.06. The standard InChI is InChI=1S/C15H16ClNOS/c16-12-5-7-14(8-6-12)18-9-2-10-19-15-4-1-3-13(17)11-15/h1,3-8,11H,2,9-10,17H2. The Hall–Kier alpha value is -1.32. The Balaban J connectivity index is 1.66. The molecule has 0 fully saturated rings. The van der Waals surface area contributed by atoms with Crippen molar-refractivity contribution in [2.45, 2.75) is 11.3 Å². The molecule has 2 nitrogen and oxygen atoms in total. The predicted molar refractivity (Wildman–Crippen MR) is 83.1 cm³/mol. The summed E-state index contributed by atoms with van der Waals surface area (Å²) in [4.78, 5) is 1.20. The van der Waals surface area contributed by atoms with Crippen molar-refractivity contribution in [2.75, 3.05) is 18.1 Å². The molecule has 2 aromatic rings. The van der Waals surface area contributed by atoms with Gasteiger partial charge in [-0.1, -0.05) is 17.7 Å². The van der Waals surface area contributed by atoms with E-state index in [9.17, 15) is 0 Å². The third kappa shape index (κ3) is 5.05. The normalized spacial score (nSPS) is 10.4. The summed E-state index contributed by atoms with van der Waals surface area (Å²) in [5, 5.41) is 0.726. The number of ether oxygens (including phenoxy) is 1. The first-order chi connectivity index (χ1) is 9.24. The lowest BCUT2D eigenvalue weighted by Crippen LogP contribution is -1.98. The highest BCUT2D eigenvalue weighted by atomic mass is 35.5. The molecule has 0 aliphatic carbocycles. The number of anilines is 1. The van der Waals surface area contributed by atoms with Gasteiger partial charge >= 0.3 is 0 Å². The predicted octanol–water partition coefficient (Wildman–Crippen LogP) is 4.48. The van der Waals surface area contributed by atoms with Crippen molar-refractivity contribution in [2.24, 2.45) is 0 Å². The molecule has 2 N–H and O–H groups in total. The molecule has 0 amide bonds. The van der Waals surface area contributed by atoms with Crippen LogP contribution in [0.1, 0.15) is 6.42 Å². The number of hydrogen-bond donors (Lipinski definition) is 1. The van der Waals surface area contributed by atoms with Gasteiger partial charge in [0.25, 0.3) is 0 Å². The molecule has 0 aliphatic rings. The Morgan fingerprint density at radius 1 is 1.11 bits per heavy atom. The molecule has 0 spiro atoms. The van der Waals surface area contributed by atoms with Gasteiger partial charge in [-0.2, -0.15) is 0 Å². The number of hydrogen-bond acceptors (Lipinski definition) is 3. The maximum atomic E-state index is 5.81. The molecule has 2 aromatic carbocycles. The third-order valence-electron chi connectivity index (χ3n) is 2.50. The second kappa shape index (κ2) is 7.31. The minimum absolute atomic E-state index is 0.705. The maximum absolute atomic E-state index is 5.81. The van der Waals surface area contributed by atoms with Gasteiger partial charge in [0.15, 0.2) is 0 Å². The summed E-state index contributed by atoms with van der Waals surface area (Å²) in [6.45, 7) is 0.705. The average molecular weight is 294 g/mol. The summed E-state index contributed by atoms with van der Waals surface area (Å²) in [5.74, 6) is 1.87. The van der Waals surface area contributed by atoms with Crippen molar-refractivity contribution in [3.8, 4) is 5.75 Å². The molecule has 2 rings (SSSR count). The van der Waals surface area contributed by atoms with Crippen LogP contribution in [0.5, 0.6) is 5.75 Å². The molecule has 4 heteroatoms. The molecule has 0 aliphatic heterocycles. The monoisotopic (exact) mass is 293 g/mol. The second-order valence-electron chi connectivity index (χ2n) is 4.08. The molecule has 0 aromatic heterocycles. The van der Waals surface area contributed by atoms with E-state index in [0.717, 1.165) is 28.6 Å². The molecule has 19 heavy (non-hydrogen) atoms. The van der Waals surface area contributed by atoms with Gasteiger partial charge in [-0.15, -0.1) is 11.8 Å². The molecule has 0 unspecified atom stereocenters. The molecular weight excluding hydrogens is 278 g/mol. The fourth-order valence-electron chi connectivity index (χ4n) is 1.57. The molecule has 0 saturated carbocycles. The van der Waals surface area contributed by atoms with E-state index in [1.54, 1.807) is 11.8 Å². The number of benzene rings is 2. The first kappa shape index (κ1) is 14.1. The molecule has 0 atom stereocenters. The van der Waals surface area contributed by atoms with E-state index in [0.29, 0.717) is 6.61 Å². The first-order valence-corrected chi connectivity index (χ1v) is 7.47. The zero-order valence-corrected chi connectivity index (χ0v) is 12.1. The van der Waals surface area contributed by atoms with E-state index >= 15 is 0 Å². The van der Waals surface area contributed by atoms with Crippen molar-refractivity contribution in [1.82, 2.24) is 0 Å². The van der Waals surface area contributed by atoms with E-state index in [-0.39, 0.29) is 0 Å². The number of thioether (sulfide) groups is 1. The topological polar surface area (TPSA) is 35.2 Å². The lowest BCUT2D eigenvalue weighted by atomic mass is 10.3. The maximum Gasteiger partial charge on any atom is 0.119 e. The minimum atomic E-state index is 0.705. The van der Waals surface area contributed by atoms with Crippen LogP contribution in [-0.4, -0.2) is 12.4 Å². The molecule has 100 valence electrons. The summed E-state index contributed by atoms with van der Waals surface area (Å²) in [5.41, 5.74) is 6.54. The number of nitrogen functional groups attached to an aromatic ring is 1. The Kier molecular flexibility index (Phi) is 5.43. The molecule has 0 radical (unpaired) electrons.